The third kappa shape index (κ3) is 5250. The van der Waals surface area contributed by atoms with Gasteiger partial charge in [0, 0.05) is 0 Å². The lowest BCUT2D eigenvalue weighted by Gasteiger charge is -0.734. The molecule has 0 aliphatic carbocycles. The second kappa shape index (κ2) is 30800. The number of hydrogen-bond acceptors (Lipinski definition) is 2. The highest BCUT2D eigenvalue weighted by Gasteiger charge is 0.734. The first kappa shape index (κ1) is 35.2. The second-order valence-electron chi connectivity index (χ2n) is 0. The van der Waals surface area contributed by atoms with Crippen molar-refractivity contribution in [1.29, 1.82) is 0 Å². The summed E-state index contributed by atoms with van der Waals surface area (Å²) in [6.45, 7) is 0. The standard InChI is InChI=1S/2CH4.OS/c;;1-2/h2*1H4;. The zero-order valence-corrected chi connectivity index (χ0v) is 1.63. The molecule has 0 unspecified atom stereocenters. The van der Waals surface area contributed by atoms with Gasteiger partial charge in [-0.2, -0.15) is 4.21 Å². The molecule has 2 heteroatoms. The van der Waals surface area contributed by atoms with Gasteiger partial charge in [-0.1, -0.05) is 14.9 Å². The Balaban J connectivity index is -0.00000000500. The van der Waals surface area contributed by atoms with Gasteiger partial charge in [-0.25, -0.2) is 0 Å². The van der Waals surface area contributed by atoms with Crippen molar-refractivity contribution >= 4 is 12.5 Å². The Kier molecular flexibility index (Phi) is 271000. The lowest BCUT2D eigenvalue weighted by molar-refractivity contribution is 0.702. The molecule has 0 spiro atoms. The molecule has 0 fully saturated rings. The fourth-order valence-electron chi connectivity index (χ4n) is 0. The van der Waals surface area contributed by atoms with E-state index in [1.165, 1.54) is 0 Å². The van der Waals surface area contributed by atoms with Crippen LogP contribution in [0.25, 0.3) is 0 Å². The molecule has 0 radical (unpaired) electrons. The molecule has 0 saturated heterocycles. The fraction of sp³-hybridized carbons (Fsp3) is 1.00. The fourth-order valence-corrected chi connectivity index (χ4v) is 0. The molecule has 0 amide bonds. The average molecular weight is 80.2 g/mol. The molecule has 0 aliphatic rings. The molecule has 0 rings (SSSR count). The van der Waals surface area contributed by atoms with Crippen molar-refractivity contribution in [2.24, 2.45) is 0 Å². The van der Waals surface area contributed by atoms with Crippen molar-refractivity contribution in [2.75, 3.05) is 0 Å². The van der Waals surface area contributed by atoms with Crippen LogP contribution in [0.5, 0.6) is 0 Å². The van der Waals surface area contributed by atoms with Gasteiger partial charge in [0.1, 0.15) is 0 Å². The van der Waals surface area contributed by atoms with Crippen LogP contribution in [-0.4, -0.2) is 4.21 Å². The van der Waals surface area contributed by atoms with E-state index in [1.807, 2.05) is 0 Å². The summed E-state index contributed by atoms with van der Waals surface area (Å²) in [6, 6.07) is 0. The van der Waals surface area contributed by atoms with Crippen LogP contribution in [0, 0.1) is 0 Å². The smallest absolute Gasteiger partial charge is 0.197 e. The highest BCUT2D eigenvalue weighted by Crippen LogP contribution is 0.558. The highest BCUT2D eigenvalue weighted by atomic mass is 32.1. The van der Waals surface area contributed by atoms with E-state index in [0.29, 0.717) is 0 Å². The van der Waals surface area contributed by atoms with Crippen LogP contribution in [0.3, 0.4) is 0 Å². The van der Waals surface area contributed by atoms with E-state index in [1.54, 1.807) is 0 Å². The van der Waals surface area contributed by atoms with Crippen LogP contribution in [0.1, 0.15) is 14.9 Å². The molecule has 4 heavy (non-hydrogen) atoms. The summed E-state index contributed by atoms with van der Waals surface area (Å²) in [7, 11) is 0. The quantitative estimate of drug-likeness (QED) is 0.430. The van der Waals surface area contributed by atoms with Crippen molar-refractivity contribution in [3.8, 4) is 0 Å². The van der Waals surface area contributed by atoms with Crippen molar-refractivity contribution < 1.29 is 4.21 Å². The van der Waals surface area contributed by atoms with E-state index < -0.39 is 0 Å². The van der Waals surface area contributed by atoms with Gasteiger partial charge in [0.25, 0.3) is 0 Å². The van der Waals surface area contributed by atoms with Crippen LogP contribution in [-0.2, 0) is 12.5 Å². The second-order valence-corrected chi connectivity index (χ2v) is 0. The molecular formula is C2H8OS. The van der Waals surface area contributed by atoms with Crippen LogP contribution >= 0.6 is 0 Å². The topological polar surface area (TPSA) is 17.1 Å². The molecular weight excluding hydrogens is 72.1 g/mol. The Hall–Kier alpha value is 0.0200. The molecule has 1 nitrogen and oxygen atoms in total. The number of rotatable bonds is 0. The Morgan fingerprint density at radius 1 is 1.00 bits per heavy atom. The summed E-state index contributed by atoms with van der Waals surface area (Å²) in [5, 5.41) is 0. The molecule has 0 bridgehead atoms. The van der Waals surface area contributed by atoms with Gasteiger partial charge in [0.05, 0.1) is 0 Å². The monoisotopic (exact) mass is 80.0 g/mol. The normalized spacial score (nSPS) is 1.00. The van der Waals surface area contributed by atoms with Crippen LogP contribution in [0.2, 0.25) is 0 Å². The molecule has 0 N–H and O–H groups in total. The Morgan fingerprint density at radius 2 is 1.00 bits per heavy atom. The minimum Gasteiger partial charge on any atom is -0.197 e. The predicted octanol–water partition coefficient (Wildman–Crippen LogP) is 0.936. The van der Waals surface area contributed by atoms with Gasteiger partial charge in [0.15, 0.2) is 12.5 Å². The van der Waals surface area contributed by atoms with E-state index in [-0.39, 0.29) is 14.9 Å². The summed E-state index contributed by atoms with van der Waals surface area (Å²) >= 11 is 2.83. The minimum atomic E-state index is 0. The molecule has 0 heterocycles. The largest absolute Gasteiger partial charge is 0.197 e. The molecule has 0 aliphatic heterocycles. The van der Waals surface area contributed by atoms with E-state index >= 15 is 0 Å². The molecule has 0 aromatic rings. The van der Waals surface area contributed by atoms with Crippen LogP contribution < -0.4 is 0 Å². The molecule has 0 aromatic carbocycles. The molecule has 0 atom stereocenters. The average Bonchev–Trinajstić information content (AvgIpc) is 1.00. The maximum absolute atomic E-state index is 7.83. The van der Waals surface area contributed by atoms with Gasteiger partial charge in [-0.3, -0.25) is 0 Å². The molecule has 0 saturated carbocycles. The Labute approximate surface area is 32.6 Å². The first-order valence-corrected chi connectivity index (χ1v) is 0.500. The van der Waals surface area contributed by atoms with E-state index in [0.717, 1.165) is 0 Å². The first-order chi connectivity index (χ1) is 1.00. The SMILES string of the molecule is C.C.O=S. The van der Waals surface area contributed by atoms with Crippen LogP contribution in [0.15, 0.2) is 0 Å². The summed E-state index contributed by atoms with van der Waals surface area (Å²) in [6.07, 6.45) is 0. The summed E-state index contributed by atoms with van der Waals surface area (Å²) in [5.41, 5.74) is 0. The lowest BCUT2D eigenvalue weighted by atomic mass is 12.0. The van der Waals surface area contributed by atoms with Gasteiger partial charge < -0.3 is 0 Å². The lowest BCUT2D eigenvalue weighted by Crippen LogP contribution is -0.894. The zero-order valence-electron chi connectivity index (χ0n) is 0.816. The highest BCUT2D eigenvalue weighted by molar-refractivity contribution is 7.44. The molecule has 0 aromatic heterocycles. The predicted molar refractivity (Wildman–Crippen MR) is 21.6 cm³/mol. The van der Waals surface area contributed by atoms with Crippen molar-refractivity contribution in [1.82, 2.24) is 0 Å². The van der Waals surface area contributed by atoms with Crippen molar-refractivity contribution in [2.45, 2.75) is 14.9 Å². The summed E-state index contributed by atoms with van der Waals surface area (Å²) in [5.74, 6) is 0. The first-order valence-electron chi connectivity index (χ1n) is 0.167. The van der Waals surface area contributed by atoms with Crippen molar-refractivity contribution in [3.63, 3.8) is 0 Å². The molecule has 28 valence electrons. The van der Waals surface area contributed by atoms with Crippen LogP contribution in [0.4, 0.5) is 0 Å². The Bertz CT molecular complexity index is 6.00. The van der Waals surface area contributed by atoms with Crippen molar-refractivity contribution in [3.05, 3.63) is 0 Å². The minimum absolute atomic E-state index is 0. The van der Waals surface area contributed by atoms with Gasteiger partial charge in [-0.05, 0) is 0 Å². The summed E-state index contributed by atoms with van der Waals surface area (Å²) in [4.78, 5) is 0. The van der Waals surface area contributed by atoms with E-state index in [4.69, 9.17) is 4.21 Å². The maximum Gasteiger partial charge on any atom is 0.197 e. The zero-order chi connectivity index (χ0) is 2.00. The van der Waals surface area contributed by atoms with E-state index in [9.17, 15) is 0 Å². The number of hydrogen-bond donors (Lipinski definition) is 0. The van der Waals surface area contributed by atoms with Gasteiger partial charge >= 0.3 is 0 Å². The third-order valence-corrected chi connectivity index (χ3v) is 0. The van der Waals surface area contributed by atoms with Gasteiger partial charge in [0.2, 0.25) is 0 Å². The third-order valence-electron chi connectivity index (χ3n) is 0. The van der Waals surface area contributed by atoms with Gasteiger partial charge in [-0.15, -0.1) is 0 Å². The Morgan fingerprint density at radius 3 is 1.00 bits per heavy atom. The summed E-state index contributed by atoms with van der Waals surface area (Å²) < 4.78 is 7.83. The maximum atomic E-state index is 7.83. The van der Waals surface area contributed by atoms with E-state index in [2.05, 4.69) is 12.5 Å².